The average Bonchev–Trinajstić information content (AvgIpc) is 2.55. The van der Waals surface area contributed by atoms with E-state index in [2.05, 4.69) is 73.9 Å². The monoisotopic (exact) mass is 312 g/mol. The number of hydrogen-bond donors (Lipinski definition) is 2. The molecule has 0 fully saturated rings. The lowest BCUT2D eigenvalue weighted by atomic mass is 10.1. The van der Waals surface area contributed by atoms with Crippen LogP contribution >= 0.6 is 12.2 Å². The summed E-state index contributed by atoms with van der Waals surface area (Å²) in [4.78, 5) is 0. The minimum absolute atomic E-state index is 0.180. The van der Waals surface area contributed by atoms with Crippen molar-refractivity contribution >= 4 is 23.0 Å². The van der Waals surface area contributed by atoms with E-state index in [1.165, 1.54) is 16.7 Å². The van der Waals surface area contributed by atoms with Crippen molar-refractivity contribution in [3.63, 3.8) is 0 Å². The largest absolute Gasteiger partial charge is 0.356 e. The zero-order valence-electron chi connectivity index (χ0n) is 13.5. The first-order valence-electron chi connectivity index (χ1n) is 7.88. The number of rotatable bonds is 5. The predicted molar refractivity (Wildman–Crippen MR) is 99.4 cm³/mol. The Morgan fingerprint density at radius 2 is 1.68 bits per heavy atom. The van der Waals surface area contributed by atoms with Crippen molar-refractivity contribution in [2.75, 3.05) is 5.32 Å². The molecule has 3 heteroatoms. The smallest absolute Gasteiger partial charge is 0.171 e. The minimum Gasteiger partial charge on any atom is -0.356 e. The Morgan fingerprint density at radius 1 is 1.00 bits per heavy atom. The van der Waals surface area contributed by atoms with Gasteiger partial charge in [0.1, 0.15) is 0 Å². The number of hydrogen-bond acceptors (Lipinski definition) is 1. The van der Waals surface area contributed by atoms with E-state index in [-0.39, 0.29) is 6.04 Å². The van der Waals surface area contributed by atoms with Gasteiger partial charge in [0.05, 0.1) is 6.04 Å². The summed E-state index contributed by atoms with van der Waals surface area (Å²) in [6.45, 7) is 6.44. The molecule has 0 spiro atoms. The van der Waals surface area contributed by atoms with Crippen molar-refractivity contribution < 1.29 is 0 Å². The molecule has 2 N–H and O–H groups in total. The van der Waals surface area contributed by atoms with Gasteiger partial charge in [0.15, 0.2) is 5.11 Å². The summed E-state index contributed by atoms with van der Waals surface area (Å²) in [5.41, 5.74) is 4.95. The molecular formula is C19H24N2S. The lowest BCUT2D eigenvalue weighted by Gasteiger charge is -2.19. The Balaban J connectivity index is 1.98. The van der Waals surface area contributed by atoms with Crippen molar-refractivity contribution in [3.8, 4) is 0 Å². The highest BCUT2D eigenvalue weighted by molar-refractivity contribution is 7.80. The normalized spacial score (nSPS) is 11.8. The van der Waals surface area contributed by atoms with E-state index in [0.717, 1.165) is 18.5 Å². The summed E-state index contributed by atoms with van der Waals surface area (Å²) in [6, 6.07) is 17.1. The molecule has 2 nitrogen and oxygen atoms in total. The van der Waals surface area contributed by atoms with Gasteiger partial charge in [-0.25, -0.2) is 0 Å². The van der Waals surface area contributed by atoms with Crippen LogP contribution in [-0.2, 0) is 12.8 Å². The zero-order valence-corrected chi connectivity index (χ0v) is 14.3. The lowest BCUT2D eigenvalue weighted by Crippen LogP contribution is -2.31. The molecule has 0 saturated carbocycles. The third-order valence-electron chi connectivity index (χ3n) is 3.88. The Bertz CT molecular complexity index is 620. The third kappa shape index (κ3) is 4.31. The van der Waals surface area contributed by atoms with Gasteiger partial charge in [-0.05, 0) is 54.7 Å². The molecule has 0 unspecified atom stereocenters. The number of para-hydroxylation sites is 1. The molecule has 0 saturated heterocycles. The first-order valence-corrected chi connectivity index (χ1v) is 8.29. The molecule has 0 bridgehead atoms. The third-order valence-corrected chi connectivity index (χ3v) is 4.10. The first kappa shape index (κ1) is 16.5. The van der Waals surface area contributed by atoms with E-state index >= 15 is 0 Å². The summed E-state index contributed by atoms with van der Waals surface area (Å²) in [5.74, 6) is 0. The molecule has 0 aliphatic carbocycles. The molecule has 0 aromatic heterocycles. The fourth-order valence-electron chi connectivity index (χ4n) is 2.43. The van der Waals surface area contributed by atoms with Gasteiger partial charge < -0.3 is 10.6 Å². The maximum absolute atomic E-state index is 5.45. The van der Waals surface area contributed by atoms with Crippen LogP contribution < -0.4 is 10.6 Å². The van der Waals surface area contributed by atoms with E-state index in [1.54, 1.807) is 0 Å². The van der Waals surface area contributed by atoms with Gasteiger partial charge in [-0.2, -0.15) is 0 Å². The fraction of sp³-hybridized carbons (Fsp3) is 0.316. The molecule has 0 heterocycles. The van der Waals surface area contributed by atoms with E-state index in [9.17, 15) is 0 Å². The van der Waals surface area contributed by atoms with Crippen molar-refractivity contribution in [2.45, 2.75) is 39.7 Å². The Hall–Kier alpha value is -1.87. The number of nitrogens with one attached hydrogen (secondary N) is 2. The highest BCUT2D eigenvalue weighted by Crippen LogP contribution is 2.17. The molecule has 2 rings (SSSR count). The van der Waals surface area contributed by atoms with Crippen molar-refractivity contribution in [3.05, 3.63) is 65.2 Å². The van der Waals surface area contributed by atoms with Crippen LogP contribution in [0.15, 0.2) is 48.5 Å². The van der Waals surface area contributed by atoms with Crippen LogP contribution in [0.5, 0.6) is 0 Å². The van der Waals surface area contributed by atoms with Crippen LogP contribution in [-0.4, -0.2) is 5.11 Å². The van der Waals surface area contributed by atoms with Crippen LogP contribution in [0.25, 0.3) is 0 Å². The van der Waals surface area contributed by atoms with Gasteiger partial charge >= 0.3 is 0 Å². The first-order chi connectivity index (χ1) is 10.6. The number of benzene rings is 2. The maximum Gasteiger partial charge on any atom is 0.171 e. The second-order valence-corrected chi connectivity index (χ2v) is 5.83. The lowest BCUT2D eigenvalue weighted by molar-refractivity contribution is 0.722. The Kier molecular flexibility index (Phi) is 5.96. The zero-order chi connectivity index (χ0) is 15.9. The average molecular weight is 312 g/mol. The molecule has 22 heavy (non-hydrogen) atoms. The summed E-state index contributed by atoms with van der Waals surface area (Å²) in [6.07, 6.45) is 2.05. The molecule has 2 aromatic rings. The molecule has 116 valence electrons. The molecular weight excluding hydrogens is 288 g/mol. The molecule has 0 radical (unpaired) electrons. The van der Waals surface area contributed by atoms with E-state index in [4.69, 9.17) is 12.2 Å². The highest BCUT2D eigenvalue weighted by Gasteiger charge is 2.08. The number of anilines is 1. The molecule has 0 aliphatic heterocycles. The van der Waals surface area contributed by atoms with Gasteiger partial charge in [-0.1, -0.05) is 56.3 Å². The summed E-state index contributed by atoms with van der Waals surface area (Å²) >= 11 is 5.45. The van der Waals surface area contributed by atoms with E-state index in [0.29, 0.717) is 5.11 Å². The van der Waals surface area contributed by atoms with E-state index < -0.39 is 0 Å². The second-order valence-electron chi connectivity index (χ2n) is 5.43. The van der Waals surface area contributed by atoms with Crippen LogP contribution in [0.2, 0.25) is 0 Å². The quantitative estimate of drug-likeness (QED) is 0.771. The maximum atomic E-state index is 5.45. The predicted octanol–water partition coefficient (Wildman–Crippen LogP) is 4.86. The Labute approximate surface area is 139 Å². The summed E-state index contributed by atoms with van der Waals surface area (Å²) in [7, 11) is 0. The van der Waals surface area contributed by atoms with Crippen molar-refractivity contribution in [1.29, 1.82) is 0 Å². The van der Waals surface area contributed by atoms with Crippen LogP contribution in [0.4, 0.5) is 5.69 Å². The van der Waals surface area contributed by atoms with E-state index in [1.807, 2.05) is 6.07 Å². The van der Waals surface area contributed by atoms with Crippen molar-refractivity contribution in [1.82, 2.24) is 5.32 Å². The SMILES string of the molecule is CCc1ccc([C@@H](C)NC(=S)Nc2ccccc2CC)cc1. The van der Waals surface area contributed by atoms with Gasteiger partial charge in [-0.3, -0.25) is 0 Å². The molecule has 1 atom stereocenters. The molecule has 2 aromatic carbocycles. The topological polar surface area (TPSA) is 24.1 Å². The minimum atomic E-state index is 0.180. The molecule has 0 aliphatic rings. The van der Waals surface area contributed by atoms with Gasteiger partial charge in [0.25, 0.3) is 0 Å². The highest BCUT2D eigenvalue weighted by atomic mass is 32.1. The van der Waals surface area contributed by atoms with Gasteiger partial charge in [0, 0.05) is 5.69 Å². The van der Waals surface area contributed by atoms with Gasteiger partial charge in [0.2, 0.25) is 0 Å². The molecule has 0 amide bonds. The summed E-state index contributed by atoms with van der Waals surface area (Å²) < 4.78 is 0. The van der Waals surface area contributed by atoms with Gasteiger partial charge in [-0.15, -0.1) is 0 Å². The fourth-order valence-corrected chi connectivity index (χ4v) is 2.72. The standard InChI is InChI=1S/C19H24N2S/c1-4-15-10-12-17(13-11-15)14(3)20-19(22)21-18-9-7-6-8-16(18)5-2/h6-14H,4-5H2,1-3H3,(H2,20,21,22)/t14-/m1/s1. The van der Waals surface area contributed by atoms with Crippen LogP contribution in [0.3, 0.4) is 0 Å². The Morgan fingerprint density at radius 3 is 2.32 bits per heavy atom. The van der Waals surface area contributed by atoms with Crippen LogP contribution in [0.1, 0.15) is 43.5 Å². The number of thiocarbonyl (C=S) groups is 1. The number of aryl methyl sites for hydroxylation is 2. The summed E-state index contributed by atoms with van der Waals surface area (Å²) in [5, 5.41) is 7.32. The van der Waals surface area contributed by atoms with Crippen molar-refractivity contribution in [2.24, 2.45) is 0 Å². The second kappa shape index (κ2) is 7.95. The van der Waals surface area contributed by atoms with Crippen LogP contribution in [0, 0.1) is 0 Å².